The van der Waals surface area contributed by atoms with Gasteiger partial charge in [0, 0.05) is 16.8 Å². The van der Waals surface area contributed by atoms with E-state index in [2.05, 4.69) is 5.32 Å². The number of ether oxygens (including phenoxy) is 1. The number of benzene rings is 2. The predicted octanol–water partition coefficient (Wildman–Crippen LogP) is 4.33. The van der Waals surface area contributed by atoms with E-state index in [1.165, 1.54) is 0 Å². The van der Waals surface area contributed by atoms with E-state index < -0.39 is 0 Å². The minimum atomic E-state index is 0.562. The van der Waals surface area contributed by atoms with Crippen molar-refractivity contribution in [2.75, 3.05) is 18.2 Å². The molecule has 0 unspecified atom stereocenters. The summed E-state index contributed by atoms with van der Waals surface area (Å²) in [6, 6.07) is 10.7. The Kier molecular flexibility index (Phi) is 3.84. The van der Waals surface area contributed by atoms with E-state index in [4.69, 9.17) is 33.7 Å². The van der Waals surface area contributed by atoms with Gasteiger partial charge in [-0.3, -0.25) is 0 Å². The summed E-state index contributed by atoms with van der Waals surface area (Å²) in [4.78, 5) is 0. The molecule has 0 bridgehead atoms. The van der Waals surface area contributed by atoms with Crippen LogP contribution in [0, 0.1) is 0 Å². The Hall–Kier alpha value is -1.58. The maximum Gasteiger partial charge on any atom is 0.139 e. The Bertz CT molecular complexity index is 573. The monoisotopic (exact) mass is 282 g/mol. The largest absolute Gasteiger partial charge is 0.495 e. The molecule has 0 saturated heterocycles. The van der Waals surface area contributed by atoms with Gasteiger partial charge in [-0.25, -0.2) is 0 Å². The highest BCUT2D eigenvalue weighted by molar-refractivity contribution is 6.32. The lowest BCUT2D eigenvalue weighted by atomic mass is 10.2. The van der Waals surface area contributed by atoms with E-state index in [0.717, 1.165) is 11.4 Å². The van der Waals surface area contributed by atoms with Crippen LogP contribution in [0.4, 0.5) is 17.1 Å². The first-order valence-corrected chi connectivity index (χ1v) is 6.01. The quantitative estimate of drug-likeness (QED) is 0.824. The van der Waals surface area contributed by atoms with Crippen LogP contribution >= 0.6 is 23.2 Å². The van der Waals surface area contributed by atoms with E-state index in [-0.39, 0.29) is 0 Å². The minimum absolute atomic E-state index is 0.562. The van der Waals surface area contributed by atoms with Gasteiger partial charge in [0.05, 0.1) is 23.5 Å². The molecule has 0 radical (unpaired) electrons. The summed E-state index contributed by atoms with van der Waals surface area (Å²) in [5.74, 6) is 0.606. The van der Waals surface area contributed by atoms with E-state index >= 15 is 0 Å². The number of rotatable bonds is 3. The SMILES string of the molecule is COc1cc(Nc2ccc(Cl)cc2N)ccc1Cl. The van der Waals surface area contributed by atoms with Crippen LogP contribution in [0.5, 0.6) is 5.75 Å². The number of hydrogen-bond donors (Lipinski definition) is 2. The molecule has 2 aromatic carbocycles. The average molecular weight is 283 g/mol. The highest BCUT2D eigenvalue weighted by atomic mass is 35.5. The van der Waals surface area contributed by atoms with Crippen LogP contribution in [0.2, 0.25) is 10.0 Å². The smallest absolute Gasteiger partial charge is 0.139 e. The maximum absolute atomic E-state index is 5.96. The molecule has 0 amide bonds. The Morgan fingerprint density at radius 3 is 2.56 bits per heavy atom. The van der Waals surface area contributed by atoms with Crippen LogP contribution < -0.4 is 15.8 Å². The van der Waals surface area contributed by atoms with Crippen LogP contribution in [0.1, 0.15) is 0 Å². The van der Waals surface area contributed by atoms with Crippen molar-refractivity contribution in [3.63, 3.8) is 0 Å². The fourth-order valence-electron chi connectivity index (χ4n) is 1.54. The van der Waals surface area contributed by atoms with Crippen LogP contribution in [-0.2, 0) is 0 Å². The first-order valence-electron chi connectivity index (χ1n) is 5.26. The highest BCUT2D eigenvalue weighted by Crippen LogP contribution is 2.31. The summed E-state index contributed by atoms with van der Waals surface area (Å²) in [6.07, 6.45) is 0. The number of nitrogens with two attached hydrogens (primary N) is 1. The first-order chi connectivity index (χ1) is 8.60. The summed E-state index contributed by atoms with van der Waals surface area (Å²) in [7, 11) is 1.57. The molecule has 0 aliphatic carbocycles. The van der Waals surface area contributed by atoms with Gasteiger partial charge in [0.15, 0.2) is 0 Å². The number of halogens is 2. The Morgan fingerprint density at radius 2 is 1.89 bits per heavy atom. The molecule has 3 N–H and O–H groups in total. The Morgan fingerprint density at radius 1 is 1.11 bits per heavy atom. The molecule has 18 heavy (non-hydrogen) atoms. The van der Waals surface area contributed by atoms with Crippen molar-refractivity contribution in [2.45, 2.75) is 0 Å². The van der Waals surface area contributed by atoms with E-state index in [1.807, 2.05) is 12.1 Å². The van der Waals surface area contributed by atoms with Gasteiger partial charge in [-0.2, -0.15) is 0 Å². The average Bonchev–Trinajstić information content (AvgIpc) is 2.35. The van der Waals surface area contributed by atoms with Crippen molar-refractivity contribution in [1.29, 1.82) is 0 Å². The molecule has 2 aromatic rings. The zero-order chi connectivity index (χ0) is 13.1. The normalized spacial score (nSPS) is 10.2. The molecular weight excluding hydrogens is 271 g/mol. The van der Waals surface area contributed by atoms with E-state index in [9.17, 15) is 0 Å². The van der Waals surface area contributed by atoms with Crippen molar-refractivity contribution in [2.24, 2.45) is 0 Å². The molecule has 0 heterocycles. The van der Waals surface area contributed by atoms with Crippen molar-refractivity contribution in [3.05, 3.63) is 46.4 Å². The summed E-state index contributed by atoms with van der Waals surface area (Å²) >= 11 is 11.8. The van der Waals surface area contributed by atoms with Crippen LogP contribution in [-0.4, -0.2) is 7.11 Å². The molecule has 0 saturated carbocycles. The fourth-order valence-corrected chi connectivity index (χ4v) is 1.92. The summed E-state index contributed by atoms with van der Waals surface area (Å²) in [6.45, 7) is 0. The second-order valence-electron chi connectivity index (χ2n) is 3.71. The molecular formula is C13H12Cl2N2O. The van der Waals surface area contributed by atoms with E-state index in [1.54, 1.807) is 31.4 Å². The molecule has 3 nitrogen and oxygen atoms in total. The van der Waals surface area contributed by atoms with Gasteiger partial charge < -0.3 is 15.8 Å². The predicted molar refractivity (Wildman–Crippen MR) is 77.2 cm³/mol. The zero-order valence-electron chi connectivity index (χ0n) is 9.71. The zero-order valence-corrected chi connectivity index (χ0v) is 11.2. The maximum atomic E-state index is 5.96. The summed E-state index contributed by atoms with van der Waals surface area (Å²) in [5.41, 5.74) is 8.06. The Balaban J connectivity index is 2.28. The standard InChI is InChI=1S/C13H12Cl2N2O/c1-18-13-7-9(3-4-10(13)15)17-12-5-2-8(14)6-11(12)16/h2-7,17H,16H2,1H3. The molecule has 94 valence electrons. The first kappa shape index (κ1) is 12.9. The number of anilines is 3. The van der Waals surface area contributed by atoms with Gasteiger partial charge in [0.1, 0.15) is 5.75 Å². The highest BCUT2D eigenvalue weighted by Gasteiger charge is 2.04. The van der Waals surface area contributed by atoms with Gasteiger partial charge in [0.25, 0.3) is 0 Å². The third kappa shape index (κ3) is 2.81. The molecule has 0 aliphatic heterocycles. The van der Waals surface area contributed by atoms with Gasteiger partial charge in [-0.05, 0) is 30.3 Å². The van der Waals surface area contributed by atoms with Crippen LogP contribution in [0.15, 0.2) is 36.4 Å². The third-order valence-corrected chi connectivity index (χ3v) is 2.99. The van der Waals surface area contributed by atoms with Gasteiger partial charge in [-0.1, -0.05) is 23.2 Å². The van der Waals surface area contributed by atoms with Crippen LogP contribution in [0.25, 0.3) is 0 Å². The van der Waals surface area contributed by atoms with E-state index in [0.29, 0.717) is 21.5 Å². The molecule has 0 atom stereocenters. The minimum Gasteiger partial charge on any atom is -0.495 e. The molecule has 0 fully saturated rings. The summed E-state index contributed by atoms with van der Waals surface area (Å²) < 4.78 is 5.15. The van der Waals surface area contributed by atoms with Crippen molar-refractivity contribution in [1.82, 2.24) is 0 Å². The molecule has 0 spiro atoms. The van der Waals surface area contributed by atoms with Crippen molar-refractivity contribution >= 4 is 40.3 Å². The third-order valence-electron chi connectivity index (χ3n) is 2.44. The summed E-state index contributed by atoms with van der Waals surface area (Å²) in [5, 5.41) is 4.34. The lowest BCUT2D eigenvalue weighted by Crippen LogP contribution is -1.96. The fraction of sp³-hybridized carbons (Fsp3) is 0.0769. The second kappa shape index (κ2) is 5.38. The molecule has 0 aromatic heterocycles. The van der Waals surface area contributed by atoms with Crippen LogP contribution in [0.3, 0.4) is 0 Å². The lowest BCUT2D eigenvalue weighted by Gasteiger charge is -2.11. The molecule has 2 rings (SSSR count). The lowest BCUT2D eigenvalue weighted by molar-refractivity contribution is 0.415. The Labute approximate surface area is 115 Å². The van der Waals surface area contributed by atoms with Gasteiger partial charge >= 0.3 is 0 Å². The van der Waals surface area contributed by atoms with Crippen molar-refractivity contribution < 1.29 is 4.74 Å². The molecule has 0 aliphatic rings. The number of nitrogens with one attached hydrogen (secondary N) is 1. The molecule has 5 heteroatoms. The number of methoxy groups -OCH3 is 1. The number of hydrogen-bond acceptors (Lipinski definition) is 3. The van der Waals surface area contributed by atoms with Gasteiger partial charge in [0.2, 0.25) is 0 Å². The second-order valence-corrected chi connectivity index (χ2v) is 4.55. The topological polar surface area (TPSA) is 47.3 Å². The van der Waals surface area contributed by atoms with Crippen molar-refractivity contribution in [3.8, 4) is 5.75 Å². The number of nitrogen functional groups attached to an aromatic ring is 1. The van der Waals surface area contributed by atoms with Gasteiger partial charge in [-0.15, -0.1) is 0 Å².